The van der Waals surface area contributed by atoms with Gasteiger partial charge in [0.2, 0.25) is 0 Å². The third-order valence-electron chi connectivity index (χ3n) is 1.55. The Morgan fingerprint density at radius 2 is 2.14 bits per heavy atom. The number of halogens is 3. The van der Waals surface area contributed by atoms with Crippen molar-refractivity contribution in [3.05, 3.63) is 23.5 Å². The van der Waals surface area contributed by atoms with E-state index in [0.29, 0.717) is 0 Å². The van der Waals surface area contributed by atoms with E-state index in [1.54, 1.807) is 0 Å². The van der Waals surface area contributed by atoms with Crippen LogP contribution in [0, 0.1) is 0 Å². The zero-order valence-corrected chi connectivity index (χ0v) is 7.13. The highest BCUT2D eigenvalue weighted by Crippen LogP contribution is 2.36. The zero-order valence-electron chi connectivity index (χ0n) is 7.13. The van der Waals surface area contributed by atoms with Crippen LogP contribution in [-0.4, -0.2) is 18.4 Å². The summed E-state index contributed by atoms with van der Waals surface area (Å²) in [7, 11) is 1.05. The van der Waals surface area contributed by atoms with E-state index >= 15 is 0 Å². The summed E-state index contributed by atoms with van der Waals surface area (Å²) < 4.78 is 41.5. The summed E-state index contributed by atoms with van der Waals surface area (Å²) in [6.45, 7) is 0. The van der Waals surface area contributed by atoms with E-state index in [9.17, 15) is 18.0 Å². The number of pyridine rings is 1. The van der Waals surface area contributed by atoms with Crippen LogP contribution in [0.15, 0.2) is 12.3 Å². The van der Waals surface area contributed by atoms with E-state index < -0.39 is 17.5 Å². The predicted octanol–water partition coefficient (Wildman–Crippen LogP) is 1.92. The number of hydrogen-bond donors (Lipinski definition) is 0. The first kappa shape index (κ1) is 10.5. The lowest BCUT2D eigenvalue weighted by Gasteiger charge is -2.11. The third kappa shape index (κ3) is 1.84. The molecule has 14 heavy (non-hydrogen) atoms. The molecule has 1 aromatic rings. The monoisotopic (exact) mass is 205 g/mol. The molecule has 3 nitrogen and oxygen atoms in total. The first-order valence-corrected chi connectivity index (χ1v) is 3.56. The molecule has 6 heteroatoms. The highest BCUT2D eigenvalue weighted by Gasteiger charge is 2.35. The molecule has 0 saturated carbocycles. The maximum atomic E-state index is 12.3. The Balaban J connectivity index is 3.36. The fourth-order valence-corrected chi connectivity index (χ4v) is 0.986. The van der Waals surface area contributed by atoms with Gasteiger partial charge >= 0.3 is 6.18 Å². The van der Waals surface area contributed by atoms with Gasteiger partial charge in [-0.25, -0.2) is 4.98 Å². The summed E-state index contributed by atoms with van der Waals surface area (Å²) >= 11 is 0. The fourth-order valence-electron chi connectivity index (χ4n) is 0.986. The van der Waals surface area contributed by atoms with E-state index in [-0.39, 0.29) is 12.0 Å². The van der Waals surface area contributed by atoms with Crippen LogP contribution in [0.4, 0.5) is 13.2 Å². The Bertz CT molecular complexity index is 349. The molecule has 0 aliphatic rings. The number of aldehydes is 1. The Hall–Kier alpha value is -1.59. The van der Waals surface area contributed by atoms with Crippen molar-refractivity contribution in [3.63, 3.8) is 0 Å². The molecule has 0 spiro atoms. The lowest BCUT2D eigenvalue weighted by Crippen LogP contribution is -2.09. The summed E-state index contributed by atoms with van der Waals surface area (Å²) in [6, 6.07) is 0.756. The Labute approximate surface area is 77.5 Å². The number of carbonyl (C=O) groups excluding carboxylic acids is 1. The van der Waals surface area contributed by atoms with Crippen LogP contribution in [0.3, 0.4) is 0 Å². The van der Waals surface area contributed by atoms with Crippen LogP contribution in [0.25, 0.3) is 0 Å². The Morgan fingerprint density at radius 1 is 1.50 bits per heavy atom. The number of alkyl halides is 3. The molecular weight excluding hydrogens is 199 g/mol. The van der Waals surface area contributed by atoms with Gasteiger partial charge in [-0.3, -0.25) is 4.79 Å². The van der Waals surface area contributed by atoms with E-state index in [0.717, 1.165) is 19.4 Å². The first-order chi connectivity index (χ1) is 6.50. The molecule has 0 bridgehead atoms. The number of rotatable bonds is 2. The van der Waals surface area contributed by atoms with Crippen LogP contribution in [-0.2, 0) is 6.18 Å². The van der Waals surface area contributed by atoms with Gasteiger partial charge in [0.25, 0.3) is 0 Å². The minimum absolute atomic E-state index is 0.216. The van der Waals surface area contributed by atoms with Crippen molar-refractivity contribution >= 4 is 6.29 Å². The molecule has 1 rings (SSSR count). The molecule has 0 fully saturated rings. The molecule has 0 aliphatic carbocycles. The molecule has 0 unspecified atom stereocenters. The van der Waals surface area contributed by atoms with Crippen molar-refractivity contribution in [1.29, 1.82) is 0 Å². The van der Waals surface area contributed by atoms with Crippen molar-refractivity contribution in [2.24, 2.45) is 0 Å². The topological polar surface area (TPSA) is 39.2 Å². The number of ether oxygens (including phenoxy) is 1. The van der Waals surface area contributed by atoms with Crippen molar-refractivity contribution < 1.29 is 22.7 Å². The second-order valence-corrected chi connectivity index (χ2v) is 2.39. The van der Waals surface area contributed by atoms with Gasteiger partial charge in [0, 0.05) is 6.20 Å². The van der Waals surface area contributed by atoms with Gasteiger partial charge in [-0.2, -0.15) is 13.2 Å². The summed E-state index contributed by atoms with van der Waals surface area (Å²) in [5.74, 6) is -0.546. The third-order valence-corrected chi connectivity index (χ3v) is 1.55. The van der Waals surface area contributed by atoms with E-state index in [4.69, 9.17) is 0 Å². The summed E-state index contributed by atoms with van der Waals surface area (Å²) in [5.41, 5.74) is -1.36. The second-order valence-electron chi connectivity index (χ2n) is 2.39. The van der Waals surface area contributed by atoms with Gasteiger partial charge in [0.1, 0.15) is 11.3 Å². The number of nitrogens with zero attached hydrogens (tertiary/aromatic N) is 1. The van der Waals surface area contributed by atoms with Gasteiger partial charge < -0.3 is 4.74 Å². The molecular formula is C8H6F3NO2. The van der Waals surface area contributed by atoms with Gasteiger partial charge in [-0.15, -0.1) is 0 Å². The fraction of sp³-hybridized carbons (Fsp3) is 0.250. The van der Waals surface area contributed by atoms with E-state index in [2.05, 4.69) is 9.72 Å². The van der Waals surface area contributed by atoms with Crippen molar-refractivity contribution in [1.82, 2.24) is 4.98 Å². The number of hydrogen-bond acceptors (Lipinski definition) is 3. The summed E-state index contributed by atoms with van der Waals surface area (Å²) in [4.78, 5) is 13.8. The summed E-state index contributed by atoms with van der Waals surface area (Å²) in [6.07, 6.45) is -3.42. The number of carbonyl (C=O) groups is 1. The first-order valence-electron chi connectivity index (χ1n) is 3.56. The van der Waals surface area contributed by atoms with E-state index in [1.165, 1.54) is 0 Å². The van der Waals surface area contributed by atoms with Crippen molar-refractivity contribution in [3.8, 4) is 5.75 Å². The smallest absolute Gasteiger partial charge is 0.420 e. The molecule has 1 aromatic heterocycles. The average Bonchev–Trinajstić information content (AvgIpc) is 2.15. The lowest BCUT2D eigenvalue weighted by atomic mass is 10.2. The quantitative estimate of drug-likeness (QED) is 0.692. The molecule has 0 saturated heterocycles. The van der Waals surface area contributed by atoms with Crippen LogP contribution in [0.2, 0.25) is 0 Å². The molecule has 0 atom stereocenters. The van der Waals surface area contributed by atoms with Crippen LogP contribution in [0.5, 0.6) is 5.75 Å². The predicted molar refractivity (Wildman–Crippen MR) is 41.2 cm³/mol. The van der Waals surface area contributed by atoms with Crippen LogP contribution >= 0.6 is 0 Å². The van der Waals surface area contributed by atoms with Gasteiger partial charge in [-0.1, -0.05) is 0 Å². The highest BCUT2D eigenvalue weighted by atomic mass is 19.4. The standard InChI is InChI=1S/C8H6F3NO2/c1-14-7-5(8(9,10)11)2-3-12-6(7)4-13/h2-4H,1H3. The summed E-state index contributed by atoms with van der Waals surface area (Å²) in [5, 5.41) is 0. The van der Waals surface area contributed by atoms with Gasteiger partial charge in [-0.05, 0) is 6.07 Å². The van der Waals surface area contributed by atoms with Crippen LogP contribution in [0.1, 0.15) is 16.1 Å². The molecule has 0 radical (unpaired) electrons. The Morgan fingerprint density at radius 3 is 2.57 bits per heavy atom. The normalized spacial score (nSPS) is 11.1. The van der Waals surface area contributed by atoms with Crippen molar-refractivity contribution in [2.75, 3.05) is 7.11 Å². The SMILES string of the molecule is COc1c(C(F)(F)F)ccnc1C=O. The average molecular weight is 205 g/mol. The maximum absolute atomic E-state index is 12.3. The molecule has 76 valence electrons. The lowest BCUT2D eigenvalue weighted by molar-refractivity contribution is -0.138. The van der Waals surface area contributed by atoms with Crippen LogP contribution < -0.4 is 4.74 Å². The molecule has 0 N–H and O–H groups in total. The van der Waals surface area contributed by atoms with Crippen molar-refractivity contribution in [2.45, 2.75) is 6.18 Å². The molecule has 1 heterocycles. The molecule has 0 amide bonds. The zero-order chi connectivity index (χ0) is 10.8. The molecule has 0 aliphatic heterocycles. The minimum atomic E-state index is -4.55. The highest BCUT2D eigenvalue weighted by molar-refractivity contribution is 5.77. The second kappa shape index (κ2) is 3.65. The Kier molecular flexibility index (Phi) is 2.73. The number of methoxy groups -OCH3 is 1. The largest absolute Gasteiger partial charge is 0.494 e. The van der Waals surface area contributed by atoms with E-state index in [1.807, 2.05) is 0 Å². The maximum Gasteiger partial charge on any atom is 0.420 e. The van der Waals surface area contributed by atoms with Gasteiger partial charge in [0.15, 0.2) is 12.0 Å². The van der Waals surface area contributed by atoms with Gasteiger partial charge in [0.05, 0.1) is 7.11 Å². The molecule has 0 aromatic carbocycles. The minimum Gasteiger partial charge on any atom is -0.494 e. The number of aromatic nitrogens is 1.